The fourth-order valence-corrected chi connectivity index (χ4v) is 6.23. The Hall–Kier alpha value is -0.830. The molecule has 134 valence electrons. The molecule has 0 aromatic carbocycles. The van der Waals surface area contributed by atoms with Crippen LogP contribution in [0.25, 0.3) is 0 Å². The lowest BCUT2D eigenvalue weighted by atomic mass is 9.55. The molecule has 24 heavy (non-hydrogen) atoms. The number of rotatable bonds is 3. The van der Waals surface area contributed by atoms with Gasteiger partial charge in [0.15, 0.2) is 0 Å². The molecular weight excluding hydrogens is 298 g/mol. The smallest absolute Gasteiger partial charge is 0.315 e. The van der Waals surface area contributed by atoms with E-state index in [0.717, 1.165) is 25.4 Å². The van der Waals surface area contributed by atoms with Crippen LogP contribution in [0, 0.1) is 23.2 Å². The van der Waals surface area contributed by atoms with Gasteiger partial charge in [0.1, 0.15) is 12.0 Å². The van der Waals surface area contributed by atoms with Gasteiger partial charge in [-0.05, 0) is 69.1 Å². The molecule has 3 aliphatic carbocycles. The minimum Gasteiger partial charge on any atom is -0.462 e. The molecule has 2 N–H and O–H groups in total. The molecule has 3 saturated carbocycles. The van der Waals surface area contributed by atoms with Crippen LogP contribution in [0.4, 0.5) is 0 Å². The van der Waals surface area contributed by atoms with Crippen LogP contribution in [0.5, 0.6) is 0 Å². The molecule has 3 nitrogen and oxygen atoms in total. The summed E-state index contributed by atoms with van der Waals surface area (Å²) >= 11 is 0. The first-order chi connectivity index (χ1) is 11.6. The van der Waals surface area contributed by atoms with Crippen molar-refractivity contribution in [1.82, 2.24) is 0 Å². The Kier molecular flexibility index (Phi) is 4.49. The van der Waals surface area contributed by atoms with Crippen molar-refractivity contribution >= 4 is 5.97 Å². The topological polar surface area (TPSA) is 42.9 Å². The summed E-state index contributed by atoms with van der Waals surface area (Å²) in [6.07, 6.45) is 12.9. The summed E-state index contributed by atoms with van der Waals surface area (Å²) in [7, 11) is 0. The largest absolute Gasteiger partial charge is 0.462 e. The Morgan fingerprint density at radius 1 is 1.25 bits per heavy atom. The molecule has 0 spiro atoms. The highest BCUT2D eigenvalue weighted by Gasteiger charge is 2.55. The summed E-state index contributed by atoms with van der Waals surface area (Å²) in [5.41, 5.74) is 1.76. The van der Waals surface area contributed by atoms with Crippen LogP contribution in [-0.4, -0.2) is 24.7 Å². The first kappa shape index (κ1) is 16.6. The molecule has 3 heteroatoms. The van der Waals surface area contributed by atoms with E-state index in [-0.39, 0.29) is 18.0 Å². The average molecular weight is 333 g/mol. The number of hydrogen-bond acceptors (Lipinski definition) is 2. The lowest BCUT2D eigenvalue weighted by Gasteiger charge is -2.49. The van der Waals surface area contributed by atoms with Crippen molar-refractivity contribution in [1.29, 1.82) is 0 Å². The standard InChI is InChI=1S/C21H33NO2/c1-14-7-6-10-21(2)12-19-16(11-18(14)21)17(20(23)24-19)13-22-15-8-4-3-5-9-15/h15-19,22H,1,3-13H2,2H3/p+1/t16-,17-,18-,19-,21-/m1/s1. The van der Waals surface area contributed by atoms with E-state index in [1.807, 2.05) is 0 Å². The molecular formula is C21H34NO2+. The van der Waals surface area contributed by atoms with Gasteiger partial charge in [0.2, 0.25) is 0 Å². The molecule has 4 aliphatic rings. The second-order valence-corrected chi connectivity index (χ2v) is 9.27. The van der Waals surface area contributed by atoms with Gasteiger partial charge in [-0.3, -0.25) is 4.79 Å². The van der Waals surface area contributed by atoms with Gasteiger partial charge >= 0.3 is 5.97 Å². The van der Waals surface area contributed by atoms with Crippen LogP contribution in [0.3, 0.4) is 0 Å². The van der Waals surface area contributed by atoms with E-state index < -0.39 is 0 Å². The molecule has 4 fully saturated rings. The summed E-state index contributed by atoms with van der Waals surface area (Å²) in [6.45, 7) is 7.74. The van der Waals surface area contributed by atoms with Crippen LogP contribution < -0.4 is 5.32 Å². The quantitative estimate of drug-likeness (QED) is 0.637. The number of quaternary nitrogens is 1. The van der Waals surface area contributed by atoms with Crippen molar-refractivity contribution < 1.29 is 14.8 Å². The summed E-state index contributed by atoms with van der Waals surface area (Å²) in [6, 6.07) is 0.740. The number of esters is 1. The van der Waals surface area contributed by atoms with Gasteiger partial charge in [-0.25, -0.2) is 0 Å². The summed E-state index contributed by atoms with van der Waals surface area (Å²) < 4.78 is 5.88. The van der Waals surface area contributed by atoms with Crippen LogP contribution >= 0.6 is 0 Å². The van der Waals surface area contributed by atoms with Crippen LogP contribution in [0.1, 0.15) is 71.1 Å². The van der Waals surface area contributed by atoms with Gasteiger partial charge in [0.05, 0.1) is 12.6 Å². The number of fused-ring (bicyclic) bond motifs is 2. The van der Waals surface area contributed by atoms with Crippen molar-refractivity contribution in [2.45, 2.75) is 83.3 Å². The minimum atomic E-state index is 0.0879. The number of nitrogens with two attached hydrogens (primary N) is 1. The maximum absolute atomic E-state index is 12.5. The summed E-state index contributed by atoms with van der Waals surface area (Å²) in [5, 5.41) is 2.47. The fraction of sp³-hybridized carbons (Fsp3) is 0.857. The van der Waals surface area contributed by atoms with Gasteiger partial charge in [-0.15, -0.1) is 0 Å². The van der Waals surface area contributed by atoms with Crippen molar-refractivity contribution in [3.05, 3.63) is 12.2 Å². The second kappa shape index (κ2) is 6.48. The van der Waals surface area contributed by atoms with E-state index >= 15 is 0 Å². The Bertz CT molecular complexity index is 510. The molecule has 4 rings (SSSR count). The lowest BCUT2D eigenvalue weighted by molar-refractivity contribution is -0.695. The predicted octanol–water partition coefficient (Wildman–Crippen LogP) is 3.20. The maximum atomic E-state index is 12.5. The molecule has 0 aromatic heterocycles. The second-order valence-electron chi connectivity index (χ2n) is 9.27. The van der Waals surface area contributed by atoms with E-state index in [1.165, 1.54) is 56.9 Å². The highest BCUT2D eigenvalue weighted by atomic mass is 16.6. The van der Waals surface area contributed by atoms with Gasteiger partial charge in [-0.1, -0.05) is 25.5 Å². The molecule has 5 atom stereocenters. The molecule has 0 radical (unpaired) electrons. The molecule has 1 aliphatic heterocycles. The van der Waals surface area contributed by atoms with E-state index in [0.29, 0.717) is 17.3 Å². The number of carbonyl (C=O) groups is 1. The number of hydrogen-bond donors (Lipinski definition) is 1. The third kappa shape index (κ3) is 2.94. The fourth-order valence-electron chi connectivity index (χ4n) is 6.23. The van der Waals surface area contributed by atoms with Crippen LogP contribution in [-0.2, 0) is 9.53 Å². The number of ether oxygens (including phenoxy) is 1. The van der Waals surface area contributed by atoms with Gasteiger partial charge in [0, 0.05) is 5.92 Å². The predicted molar refractivity (Wildman–Crippen MR) is 94.3 cm³/mol. The van der Waals surface area contributed by atoms with Gasteiger partial charge < -0.3 is 10.1 Å². The van der Waals surface area contributed by atoms with Crippen molar-refractivity contribution in [2.75, 3.05) is 6.54 Å². The van der Waals surface area contributed by atoms with E-state index in [9.17, 15) is 4.79 Å². The van der Waals surface area contributed by atoms with Gasteiger partial charge in [-0.2, -0.15) is 0 Å². The Morgan fingerprint density at radius 3 is 2.83 bits per heavy atom. The molecule has 0 aromatic rings. The average Bonchev–Trinajstić information content (AvgIpc) is 2.86. The van der Waals surface area contributed by atoms with Crippen LogP contribution in [0.2, 0.25) is 0 Å². The number of carbonyl (C=O) groups excluding carboxylic acids is 1. The molecule has 1 saturated heterocycles. The Morgan fingerprint density at radius 2 is 2.04 bits per heavy atom. The molecule has 0 unspecified atom stereocenters. The summed E-state index contributed by atoms with van der Waals surface area (Å²) in [5.74, 6) is 1.26. The number of allylic oxidation sites excluding steroid dienone is 1. The van der Waals surface area contributed by atoms with Crippen molar-refractivity contribution in [3.8, 4) is 0 Å². The summed E-state index contributed by atoms with van der Waals surface area (Å²) in [4.78, 5) is 12.5. The normalized spacial score (nSPS) is 43.2. The van der Waals surface area contributed by atoms with Gasteiger partial charge in [0.25, 0.3) is 0 Å². The highest BCUT2D eigenvalue weighted by Crippen LogP contribution is 2.56. The highest BCUT2D eigenvalue weighted by molar-refractivity contribution is 5.75. The monoisotopic (exact) mass is 332 g/mol. The lowest BCUT2D eigenvalue weighted by Crippen LogP contribution is -2.91. The first-order valence-electron chi connectivity index (χ1n) is 10.3. The SMILES string of the molecule is C=C1CCC[C@]2(C)C[C@H]3OC(=O)[C@H](C[NH2+]C4CCCCC4)[C@H]3C[C@H]12. The van der Waals surface area contributed by atoms with E-state index in [1.54, 1.807) is 0 Å². The van der Waals surface area contributed by atoms with E-state index in [4.69, 9.17) is 4.74 Å². The Balaban J connectivity index is 1.43. The zero-order valence-corrected chi connectivity index (χ0v) is 15.3. The zero-order valence-electron chi connectivity index (χ0n) is 15.3. The maximum Gasteiger partial charge on any atom is 0.315 e. The Labute approximate surface area is 146 Å². The minimum absolute atomic E-state index is 0.0879. The van der Waals surface area contributed by atoms with Crippen molar-refractivity contribution in [2.24, 2.45) is 23.2 Å². The van der Waals surface area contributed by atoms with Crippen molar-refractivity contribution in [3.63, 3.8) is 0 Å². The first-order valence-corrected chi connectivity index (χ1v) is 10.3. The van der Waals surface area contributed by atoms with E-state index in [2.05, 4.69) is 18.8 Å². The zero-order chi connectivity index (χ0) is 16.7. The third-order valence-electron chi connectivity index (χ3n) is 7.69. The molecule has 0 amide bonds. The molecule has 1 heterocycles. The van der Waals surface area contributed by atoms with Crippen LogP contribution in [0.15, 0.2) is 12.2 Å². The molecule has 0 bridgehead atoms. The third-order valence-corrected chi connectivity index (χ3v) is 7.69.